The van der Waals surface area contributed by atoms with E-state index in [1.165, 1.54) is 32.7 Å². The molecule has 1 saturated heterocycles. The topological polar surface area (TPSA) is 499 Å². The number of nitrogens with two attached hydrogens (primary N) is 4. The molecule has 2 aromatic heterocycles. The number of pyridine rings is 1. The number of hydrogen-bond acceptors (Lipinski definition) is 21. The molecular formula is C67H94N18O13S. The van der Waals surface area contributed by atoms with Crippen LogP contribution in [0.3, 0.4) is 0 Å². The molecule has 5 aromatic rings. The number of nitrogens with zero attached hydrogens (tertiary/aromatic N) is 3. The van der Waals surface area contributed by atoms with Crippen molar-refractivity contribution in [3.8, 4) is 0 Å². The van der Waals surface area contributed by atoms with E-state index in [2.05, 4.69) is 68.6 Å². The van der Waals surface area contributed by atoms with E-state index in [0.717, 1.165) is 4.68 Å². The largest absolute Gasteiger partial charge is 0.391 e. The minimum atomic E-state index is -1.92. The summed E-state index contributed by atoms with van der Waals surface area (Å²) in [5.74, 6) is -7.77. The zero-order chi connectivity index (χ0) is 72.3. The Morgan fingerprint density at radius 2 is 1.31 bits per heavy atom. The lowest BCUT2D eigenvalue weighted by molar-refractivity contribution is -0.136. The van der Waals surface area contributed by atoms with Crippen LogP contribution >= 0.6 is 11.8 Å². The van der Waals surface area contributed by atoms with E-state index < -0.39 is 133 Å². The predicted octanol–water partition coefficient (Wildman–Crippen LogP) is -1.94. The lowest BCUT2D eigenvalue weighted by Gasteiger charge is -2.31. The van der Waals surface area contributed by atoms with E-state index >= 15 is 0 Å². The normalized spacial score (nSPS) is 21.5. The van der Waals surface area contributed by atoms with Gasteiger partial charge in [0, 0.05) is 41.4 Å². The molecule has 22 N–H and O–H groups in total. The van der Waals surface area contributed by atoms with Crippen molar-refractivity contribution >= 4 is 94.0 Å². The standard InChI is InChI=1S/C67H94N18O13S/c1-37(2)34-51-63(94)77-47(24-29-69)58(89)75-46(18-13-28-68)62(93)82-55(38(3)86)65(96)74-33-27-50(61(92)76-48(25-30-70)60(91)81-52(64(95)80-51)35-40-14-7-6-8-15-40)78-59(90)49(26-31-71)79-66(97)56(39(4)87)83-67(98)85-53-36-42(99-54-19-10-9-17-44(54)57(88)72-5)21-22-43(53)45(84-85)23-20-41-16-11-12-32-73-41/h6-12,14-17,19-23,32,36-39,46-52,55-56,61,76,86-87,92H,13,18,24-31,33-35,68-71H2,1-5H3,(H,72,88)(H,74,96)(H,75,89)(H,77,94)(H,78,90)(H,79,97)(H,80,95)(H,81,91)(H,82,93)(H,83,98)/b23-20+/t38-,39+,46-,47-,48?,49?,50+,51?,52-,55-,56+,61+/m0/s1. The Kier molecular flexibility index (Phi) is 31.3. The zero-order valence-corrected chi connectivity index (χ0v) is 56.9. The van der Waals surface area contributed by atoms with Gasteiger partial charge in [0.15, 0.2) is 0 Å². The zero-order valence-electron chi connectivity index (χ0n) is 56.1. The minimum Gasteiger partial charge on any atom is -0.391 e. The molecular weight excluding hydrogens is 1300 g/mol. The van der Waals surface area contributed by atoms with Crippen LogP contribution in [-0.2, 0) is 44.8 Å². The Labute approximate surface area is 578 Å². The van der Waals surface area contributed by atoms with Gasteiger partial charge in [-0.2, -0.15) is 9.78 Å². The van der Waals surface area contributed by atoms with Gasteiger partial charge in [-0.05, 0) is 151 Å². The number of nitrogens with one attached hydrogen (secondary N) is 11. The Bertz CT molecular complexity index is 3580. The number of aliphatic hydroxyl groups is 3. The Morgan fingerprint density at radius 1 is 0.687 bits per heavy atom. The second-order valence-electron chi connectivity index (χ2n) is 24.3. The number of carbonyl (C=O) groups excluding carboxylic acids is 10. The second kappa shape index (κ2) is 39.4. The van der Waals surface area contributed by atoms with Crippen LogP contribution in [0.4, 0.5) is 4.79 Å². The van der Waals surface area contributed by atoms with Crippen LogP contribution in [0.1, 0.15) is 99.9 Å². The highest BCUT2D eigenvalue weighted by atomic mass is 32.2. The first-order chi connectivity index (χ1) is 47.4. The monoisotopic (exact) mass is 1390 g/mol. The third-order valence-corrected chi connectivity index (χ3v) is 17.1. The van der Waals surface area contributed by atoms with E-state index in [0.29, 0.717) is 37.7 Å². The number of rotatable bonds is 25. The molecule has 3 aromatic carbocycles. The molecule has 3 unspecified atom stereocenters. The van der Waals surface area contributed by atoms with Crippen molar-refractivity contribution < 1.29 is 63.3 Å². The van der Waals surface area contributed by atoms with Crippen molar-refractivity contribution in [2.75, 3.05) is 39.8 Å². The fourth-order valence-corrected chi connectivity index (χ4v) is 11.7. The smallest absolute Gasteiger partial charge is 0.343 e. The molecule has 0 saturated carbocycles. The molecule has 1 aliphatic heterocycles. The molecule has 0 radical (unpaired) electrons. The minimum absolute atomic E-state index is 0.0495. The number of aliphatic hydroxyl groups excluding tert-OH is 3. The van der Waals surface area contributed by atoms with Crippen LogP contribution in [-0.4, -0.2) is 202 Å². The third kappa shape index (κ3) is 23.5. The summed E-state index contributed by atoms with van der Waals surface area (Å²) in [4.78, 5) is 148. The second-order valence-corrected chi connectivity index (χ2v) is 25.4. The van der Waals surface area contributed by atoms with Gasteiger partial charge in [0.25, 0.3) is 5.91 Å². The van der Waals surface area contributed by atoms with Gasteiger partial charge >= 0.3 is 6.03 Å². The van der Waals surface area contributed by atoms with Crippen molar-refractivity contribution in [1.82, 2.24) is 73.2 Å². The number of amides is 10. The van der Waals surface area contributed by atoms with E-state index in [-0.39, 0.29) is 94.9 Å². The van der Waals surface area contributed by atoms with E-state index in [1.54, 1.807) is 123 Å². The van der Waals surface area contributed by atoms with Crippen molar-refractivity contribution in [3.63, 3.8) is 0 Å². The number of fused-ring (bicyclic) bond motifs is 1. The quantitative estimate of drug-likeness (QED) is 0.0302. The Balaban J connectivity index is 1.33. The van der Waals surface area contributed by atoms with Crippen molar-refractivity contribution in [1.29, 1.82) is 0 Å². The molecule has 12 atom stereocenters. The van der Waals surface area contributed by atoms with E-state index in [9.17, 15) is 63.3 Å². The van der Waals surface area contributed by atoms with Crippen LogP contribution in [0, 0.1) is 5.92 Å². The summed E-state index contributed by atoms with van der Waals surface area (Å²) in [6.07, 6.45) is -1.05. The molecule has 32 heteroatoms. The average Bonchev–Trinajstić information content (AvgIpc) is 1.64. The maximum absolute atomic E-state index is 14.7. The maximum Gasteiger partial charge on any atom is 0.343 e. The number of aromatic nitrogens is 3. The highest BCUT2D eigenvalue weighted by Crippen LogP contribution is 2.34. The molecule has 31 nitrogen and oxygen atoms in total. The van der Waals surface area contributed by atoms with Crippen LogP contribution in [0.25, 0.3) is 23.1 Å². The first-order valence-electron chi connectivity index (χ1n) is 32.9. The van der Waals surface area contributed by atoms with E-state index in [4.69, 9.17) is 22.9 Å². The number of carbonyl (C=O) groups is 10. The van der Waals surface area contributed by atoms with Gasteiger partial charge in [0.2, 0.25) is 47.3 Å². The third-order valence-electron chi connectivity index (χ3n) is 16.0. The molecule has 99 heavy (non-hydrogen) atoms. The van der Waals surface area contributed by atoms with Crippen LogP contribution < -0.4 is 81.4 Å². The summed E-state index contributed by atoms with van der Waals surface area (Å²) in [6, 6.07) is 11.7. The molecule has 10 amide bonds. The molecule has 1 fully saturated rings. The van der Waals surface area contributed by atoms with Gasteiger partial charge in [-0.1, -0.05) is 74.1 Å². The Morgan fingerprint density at radius 3 is 1.96 bits per heavy atom. The van der Waals surface area contributed by atoms with Crippen molar-refractivity contribution in [2.45, 2.75) is 162 Å². The van der Waals surface area contributed by atoms with Crippen LogP contribution in [0.15, 0.2) is 107 Å². The molecule has 3 heterocycles. The molecule has 536 valence electrons. The van der Waals surface area contributed by atoms with Gasteiger partial charge in [-0.3, -0.25) is 53.5 Å². The highest BCUT2D eigenvalue weighted by molar-refractivity contribution is 7.99. The summed E-state index contributed by atoms with van der Waals surface area (Å²) in [6.45, 7) is 5.20. The SMILES string of the molecule is CNC(=O)c1ccccc1Sc1ccc2c(/C=C/c3ccccn3)nn(C(=O)N[C@@H](C(=O)NC(CCN)C(=O)N[C@@H]3CCNC(=O)[C@H]([C@H](C)O)NC(=O)[C@H](CCCN)NC(=O)[C@H](CCN)NC(=O)C(CC(C)C)NC(=O)[C@H](Cc4ccccc4)NC(=O)C(CCN)N[C@@H]3O)[C@@H](C)O)c2c1. The number of benzene rings is 3. The molecule has 0 spiro atoms. The highest BCUT2D eigenvalue weighted by Gasteiger charge is 2.38. The fraction of sp³-hybridized carbons (Fsp3) is 0.463. The molecule has 0 aliphatic carbocycles. The summed E-state index contributed by atoms with van der Waals surface area (Å²) in [5.41, 5.74) is 26.0. The van der Waals surface area contributed by atoms with Crippen molar-refractivity contribution in [3.05, 3.63) is 120 Å². The average molecular weight is 1390 g/mol. The van der Waals surface area contributed by atoms with Gasteiger partial charge in [0.1, 0.15) is 48.5 Å². The first-order valence-corrected chi connectivity index (χ1v) is 33.7. The molecule has 6 rings (SSSR count). The van der Waals surface area contributed by atoms with Gasteiger partial charge < -0.3 is 91.4 Å². The fourth-order valence-electron chi connectivity index (χ4n) is 10.8. The van der Waals surface area contributed by atoms with Gasteiger partial charge in [-0.15, -0.1) is 0 Å². The summed E-state index contributed by atoms with van der Waals surface area (Å²) >= 11 is 1.25. The molecule has 0 bridgehead atoms. The first kappa shape index (κ1) is 78.7. The number of hydrogen-bond donors (Lipinski definition) is 18. The van der Waals surface area contributed by atoms with Gasteiger partial charge in [-0.25, -0.2) is 4.79 Å². The summed E-state index contributed by atoms with van der Waals surface area (Å²) in [5, 5.41) is 68.5. The Hall–Kier alpha value is -9.25. The maximum atomic E-state index is 14.7. The molecule has 1 aliphatic rings. The summed E-state index contributed by atoms with van der Waals surface area (Å²) in [7, 11) is 1.51. The van der Waals surface area contributed by atoms with Crippen LogP contribution in [0.2, 0.25) is 0 Å². The summed E-state index contributed by atoms with van der Waals surface area (Å²) < 4.78 is 1.00. The van der Waals surface area contributed by atoms with Gasteiger partial charge in [0.05, 0.1) is 46.8 Å². The lowest BCUT2D eigenvalue weighted by atomic mass is 10.00. The lowest BCUT2D eigenvalue weighted by Crippen LogP contribution is -2.62. The van der Waals surface area contributed by atoms with Crippen molar-refractivity contribution in [2.24, 2.45) is 28.9 Å². The predicted molar refractivity (Wildman–Crippen MR) is 371 cm³/mol. The van der Waals surface area contributed by atoms with E-state index in [1.807, 2.05) is 0 Å². The van der Waals surface area contributed by atoms with Crippen LogP contribution in [0.5, 0.6) is 0 Å².